The molecule has 0 atom stereocenters. The standard InChI is InChI=1S/C18H13F2NO/c1-11-16(12-6-3-2-4-7-12)18(15(22)10-21-11)17-13(19)8-5-9-14(17)20/h2-9H,10H2,1H3. The molecule has 1 aliphatic rings. The summed E-state index contributed by atoms with van der Waals surface area (Å²) in [7, 11) is 0. The zero-order valence-corrected chi connectivity index (χ0v) is 11.9. The van der Waals surface area contributed by atoms with Crippen LogP contribution in [0.1, 0.15) is 18.1 Å². The number of hydrogen-bond acceptors (Lipinski definition) is 2. The molecule has 0 bridgehead atoms. The third kappa shape index (κ3) is 2.37. The number of aliphatic imine (C=N–C) groups is 1. The average molecular weight is 297 g/mol. The first-order chi connectivity index (χ1) is 10.6. The fourth-order valence-electron chi connectivity index (χ4n) is 2.63. The Morgan fingerprint density at radius 1 is 0.909 bits per heavy atom. The first-order valence-corrected chi connectivity index (χ1v) is 6.88. The molecule has 2 nitrogen and oxygen atoms in total. The van der Waals surface area contributed by atoms with Crippen molar-refractivity contribution in [2.24, 2.45) is 4.99 Å². The predicted molar refractivity (Wildman–Crippen MR) is 82.6 cm³/mol. The maximum absolute atomic E-state index is 14.2. The molecule has 0 amide bonds. The molecular weight excluding hydrogens is 284 g/mol. The summed E-state index contributed by atoms with van der Waals surface area (Å²) in [5.41, 5.74) is 1.59. The zero-order valence-electron chi connectivity index (χ0n) is 11.9. The van der Waals surface area contributed by atoms with Gasteiger partial charge in [0, 0.05) is 16.9 Å². The van der Waals surface area contributed by atoms with Gasteiger partial charge in [0.15, 0.2) is 5.78 Å². The summed E-state index contributed by atoms with van der Waals surface area (Å²) in [6.07, 6.45) is 0. The van der Waals surface area contributed by atoms with Crippen molar-refractivity contribution in [3.05, 3.63) is 71.3 Å². The summed E-state index contributed by atoms with van der Waals surface area (Å²) in [5.74, 6) is -1.87. The lowest BCUT2D eigenvalue weighted by Crippen LogP contribution is -2.19. The molecule has 22 heavy (non-hydrogen) atoms. The van der Waals surface area contributed by atoms with Gasteiger partial charge >= 0.3 is 0 Å². The number of Topliss-reactive ketones (excluding diaryl/α,β-unsaturated/α-hetero) is 1. The second-order valence-corrected chi connectivity index (χ2v) is 5.04. The fourth-order valence-corrected chi connectivity index (χ4v) is 2.63. The first kappa shape index (κ1) is 14.3. The number of rotatable bonds is 2. The number of ketones is 1. The van der Waals surface area contributed by atoms with Crippen LogP contribution >= 0.6 is 0 Å². The first-order valence-electron chi connectivity index (χ1n) is 6.88. The molecule has 0 spiro atoms. The third-order valence-electron chi connectivity index (χ3n) is 3.63. The van der Waals surface area contributed by atoms with Gasteiger partial charge in [0.05, 0.1) is 5.56 Å². The molecule has 0 aromatic heterocycles. The van der Waals surface area contributed by atoms with E-state index in [1.807, 2.05) is 18.2 Å². The number of nitrogens with zero attached hydrogens (tertiary/aromatic N) is 1. The minimum absolute atomic E-state index is 0.0642. The van der Waals surface area contributed by atoms with Crippen molar-refractivity contribution < 1.29 is 13.6 Å². The van der Waals surface area contributed by atoms with Gasteiger partial charge < -0.3 is 0 Å². The highest BCUT2D eigenvalue weighted by Gasteiger charge is 2.28. The minimum Gasteiger partial charge on any atom is -0.292 e. The highest BCUT2D eigenvalue weighted by molar-refractivity contribution is 6.44. The van der Waals surface area contributed by atoms with Crippen molar-refractivity contribution >= 4 is 22.6 Å². The summed E-state index contributed by atoms with van der Waals surface area (Å²) >= 11 is 0. The Bertz CT molecular complexity index is 787. The van der Waals surface area contributed by atoms with Crippen molar-refractivity contribution in [2.75, 3.05) is 6.54 Å². The van der Waals surface area contributed by atoms with Crippen molar-refractivity contribution in [1.82, 2.24) is 0 Å². The number of carbonyl (C=O) groups is 1. The Morgan fingerprint density at radius 2 is 1.55 bits per heavy atom. The predicted octanol–water partition coefficient (Wildman–Crippen LogP) is 3.92. The van der Waals surface area contributed by atoms with E-state index >= 15 is 0 Å². The topological polar surface area (TPSA) is 29.4 Å². The molecule has 1 heterocycles. The smallest absolute Gasteiger partial charge is 0.185 e. The van der Waals surface area contributed by atoms with Crippen molar-refractivity contribution in [3.8, 4) is 0 Å². The molecule has 4 heteroatoms. The van der Waals surface area contributed by atoms with E-state index in [9.17, 15) is 13.6 Å². The van der Waals surface area contributed by atoms with Gasteiger partial charge in [-0.2, -0.15) is 0 Å². The van der Waals surface area contributed by atoms with Gasteiger partial charge in [0.25, 0.3) is 0 Å². The maximum atomic E-state index is 14.2. The lowest BCUT2D eigenvalue weighted by Gasteiger charge is -2.20. The molecule has 2 aromatic rings. The zero-order chi connectivity index (χ0) is 15.7. The summed E-state index contributed by atoms with van der Waals surface area (Å²) in [5, 5.41) is 0. The Kier molecular flexibility index (Phi) is 3.67. The van der Waals surface area contributed by atoms with Crippen LogP contribution in [-0.4, -0.2) is 18.0 Å². The molecule has 0 aliphatic carbocycles. The van der Waals surface area contributed by atoms with E-state index in [4.69, 9.17) is 0 Å². The number of carbonyl (C=O) groups excluding carboxylic acids is 1. The molecule has 0 unspecified atom stereocenters. The Morgan fingerprint density at radius 3 is 2.18 bits per heavy atom. The van der Waals surface area contributed by atoms with Crippen LogP contribution in [0.4, 0.5) is 8.78 Å². The van der Waals surface area contributed by atoms with Crippen LogP contribution < -0.4 is 0 Å². The number of allylic oxidation sites excluding steroid dienone is 1. The van der Waals surface area contributed by atoms with E-state index in [-0.39, 0.29) is 23.5 Å². The molecule has 0 N–H and O–H groups in total. The van der Waals surface area contributed by atoms with Gasteiger partial charge in [0.2, 0.25) is 0 Å². The lowest BCUT2D eigenvalue weighted by atomic mass is 9.87. The quantitative estimate of drug-likeness (QED) is 0.826. The average Bonchev–Trinajstić information content (AvgIpc) is 2.51. The molecule has 0 fully saturated rings. The second kappa shape index (κ2) is 5.64. The van der Waals surface area contributed by atoms with E-state index < -0.39 is 11.6 Å². The van der Waals surface area contributed by atoms with E-state index in [0.29, 0.717) is 11.3 Å². The largest absolute Gasteiger partial charge is 0.292 e. The van der Waals surface area contributed by atoms with Gasteiger partial charge in [-0.3, -0.25) is 9.79 Å². The van der Waals surface area contributed by atoms with Crippen LogP contribution in [-0.2, 0) is 4.79 Å². The summed E-state index contributed by atoms with van der Waals surface area (Å²) in [6, 6.07) is 12.6. The third-order valence-corrected chi connectivity index (χ3v) is 3.63. The molecular formula is C18H13F2NO. The second-order valence-electron chi connectivity index (χ2n) is 5.04. The molecule has 2 aromatic carbocycles. The van der Waals surface area contributed by atoms with Crippen LogP contribution in [0, 0.1) is 11.6 Å². The summed E-state index contributed by atoms with van der Waals surface area (Å²) in [6.45, 7) is 1.65. The lowest BCUT2D eigenvalue weighted by molar-refractivity contribution is -0.112. The van der Waals surface area contributed by atoms with Crippen LogP contribution in [0.3, 0.4) is 0 Å². The van der Waals surface area contributed by atoms with E-state index in [0.717, 1.165) is 17.7 Å². The molecule has 110 valence electrons. The molecule has 0 saturated heterocycles. The summed E-state index contributed by atoms with van der Waals surface area (Å²) in [4.78, 5) is 16.5. The highest BCUT2D eigenvalue weighted by atomic mass is 19.1. The van der Waals surface area contributed by atoms with E-state index in [2.05, 4.69) is 4.99 Å². The molecule has 1 aliphatic heterocycles. The monoisotopic (exact) mass is 297 g/mol. The Labute approximate surface area is 126 Å². The van der Waals surface area contributed by atoms with Crippen LogP contribution in [0.15, 0.2) is 53.5 Å². The summed E-state index contributed by atoms with van der Waals surface area (Å²) < 4.78 is 28.3. The van der Waals surface area contributed by atoms with Gasteiger partial charge in [-0.05, 0) is 24.6 Å². The number of halogens is 2. The van der Waals surface area contributed by atoms with Crippen molar-refractivity contribution in [2.45, 2.75) is 6.92 Å². The number of benzene rings is 2. The van der Waals surface area contributed by atoms with E-state index in [1.54, 1.807) is 19.1 Å². The number of hydrogen-bond donors (Lipinski definition) is 0. The number of dihydropyridines is 1. The fraction of sp³-hybridized carbons (Fsp3) is 0.111. The minimum atomic E-state index is -0.744. The van der Waals surface area contributed by atoms with Gasteiger partial charge in [-0.15, -0.1) is 0 Å². The highest BCUT2D eigenvalue weighted by Crippen LogP contribution is 2.33. The maximum Gasteiger partial charge on any atom is 0.185 e. The van der Waals surface area contributed by atoms with Crippen molar-refractivity contribution in [3.63, 3.8) is 0 Å². The van der Waals surface area contributed by atoms with Crippen molar-refractivity contribution in [1.29, 1.82) is 0 Å². The van der Waals surface area contributed by atoms with Gasteiger partial charge in [-0.25, -0.2) is 8.78 Å². The molecule has 0 saturated carbocycles. The van der Waals surface area contributed by atoms with Crippen LogP contribution in [0.2, 0.25) is 0 Å². The van der Waals surface area contributed by atoms with Crippen LogP contribution in [0.5, 0.6) is 0 Å². The van der Waals surface area contributed by atoms with Crippen LogP contribution in [0.25, 0.3) is 11.1 Å². The van der Waals surface area contributed by atoms with E-state index in [1.165, 1.54) is 6.07 Å². The Hall–Kier alpha value is -2.62. The molecule has 3 rings (SSSR count). The Balaban J connectivity index is 2.36. The SMILES string of the molecule is CC1=NCC(=O)C(c2c(F)cccc2F)=C1c1ccccc1. The normalized spacial score (nSPS) is 15.0. The van der Waals surface area contributed by atoms with Gasteiger partial charge in [0.1, 0.15) is 18.2 Å². The van der Waals surface area contributed by atoms with Gasteiger partial charge in [-0.1, -0.05) is 36.4 Å². The molecule has 0 radical (unpaired) electrons.